The fraction of sp³-hybridized carbons (Fsp3) is 0.211. The molecule has 0 radical (unpaired) electrons. The summed E-state index contributed by atoms with van der Waals surface area (Å²) in [5.41, 5.74) is 7.22. The van der Waals surface area contributed by atoms with Crippen LogP contribution in [0.2, 0.25) is 0 Å². The molecule has 156 valence electrons. The minimum atomic E-state index is -1.54. The van der Waals surface area contributed by atoms with Gasteiger partial charge < -0.3 is 26.2 Å². The molecule has 11 heteroatoms. The number of carboxylic acids is 2. The molecule has 0 aliphatic rings. The van der Waals surface area contributed by atoms with Gasteiger partial charge in [-0.05, 0) is 23.3 Å². The Morgan fingerprint density at radius 2 is 1.87 bits per heavy atom. The molecular weight excluding hydrogens is 394 g/mol. The maximum absolute atomic E-state index is 12.3. The van der Waals surface area contributed by atoms with Gasteiger partial charge in [-0.25, -0.2) is 4.79 Å². The third kappa shape index (κ3) is 4.14. The number of aliphatic carboxylic acids is 2. The topological polar surface area (TPSA) is 191 Å². The number of anilines is 1. The van der Waals surface area contributed by atoms with Gasteiger partial charge in [0, 0.05) is 17.7 Å². The van der Waals surface area contributed by atoms with E-state index >= 15 is 0 Å². The van der Waals surface area contributed by atoms with Crippen LogP contribution in [-0.2, 0) is 9.59 Å². The number of aromatic amines is 2. The number of carbonyl (C=O) groups is 3. The zero-order valence-corrected chi connectivity index (χ0v) is 15.8. The van der Waals surface area contributed by atoms with Gasteiger partial charge in [0.25, 0.3) is 11.5 Å². The van der Waals surface area contributed by atoms with Crippen molar-refractivity contribution in [1.29, 1.82) is 0 Å². The quantitative estimate of drug-likeness (QED) is 0.325. The number of benzene rings is 1. The van der Waals surface area contributed by atoms with Crippen molar-refractivity contribution in [2.75, 3.05) is 5.73 Å². The van der Waals surface area contributed by atoms with Gasteiger partial charge in [-0.15, -0.1) is 0 Å². The molecule has 7 N–H and O–H groups in total. The van der Waals surface area contributed by atoms with Crippen LogP contribution in [0.25, 0.3) is 11.0 Å². The summed E-state index contributed by atoms with van der Waals surface area (Å²) in [7, 11) is 0. The second-order valence-electron chi connectivity index (χ2n) is 6.72. The number of nitrogen functional groups attached to an aromatic ring is 1. The van der Waals surface area contributed by atoms with Crippen molar-refractivity contribution < 1.29 is 24.6 Å². The Labute approximate surface area is 168 Å². The van der Waals surface area contributed by atoms with Crippen LogP contribution in [0.1, 0.15) is 40.7 Å². The molecule has 11 nitrogen and oxygen atoms in total. The highest BCUT2D eigenvalue weighted by Gasteiger charge is 2.24. The van der Waals surface area contributed by atoms with Crippen LogP contribution < -0.4 is 16.6 Å². The van der Waals surface area contributed by atoms with E-state index in [4.69, 9.17) is 15.9 Å². The minimum absolute atomic E-state index is 0.00600. The van der Waals surface area contributed by atoms with Crippen LogP contribution in [0.3, 0.4) is 0 Å². The van der Waals surface area contributed by atoms with Gasteiger partial charge in [0.1, 0.15) is 11.7 Å². The Morgan fingerprint density at radius 3 is 2.47 bits per heavy atom. The number of fused-ring (bicyclic) bond motifs is 1. The second-order valence-corrected chi connectivity index (χ2v) is 6.72. The Bertz CT molecular complexity index is 1180. The van der Waals surface area contributed by atoms with Crippen molar-refractivity contribution in [3.05, 3.63) is 57.5 Å². The first kappa shape index (κ1) is 20.6. The van der Waals surface area contributed by atoms with Gasteiger partial charge in [-0.2, -0.15) is 4.98 Å². The number of carboxylic acid groups (broad SMARTS) is 2. The molecule has 2 heterocycles. The smallest absolute Gasteiger partial charge is 0.326 e. The summed E-state index contributed by atoms with van der Waals surface area (Å²) in [5, 5.41) is 20.4. The van der Waals surface area contributed by atoms with Crippen molar-refractivity contribution in [2.24, 2.45) is 0 Å². The summed E-state index contributed by atoms with van der Waals surface area (Å²) in [4.78, 5) is 55.8. The monoisotopic (exact) mass is 413 g/mol. The van der Waals surface area contributed by atoms with E-state index in [2.05, 4.69) is 20.3 Å². The third-order valence-corrected chi connectivity index (χ3v) is 4.71. The first-order valence-electron chi connectivity index (χ1n) is 8.89. The lowest BCUT2D eigenvalue weighted by atomic mass is 9.93. The van der Waals surface area contributed by atoms with Crippen LogP contribution in [0.15, 0.2) is 35.3 Å². The molecular formula is C19H19N5O6. The molecule has 0 bridgehead atoms. The van der Waals surface area contributed by atoms with Crippen molar-refractivity contribution in [1.82, 2.24) is 20.3 Å². The molecule has 0 spiro atoms. The minimum Gasteiger partial charge on any atom is -0.481 e. The molecule has 0 saturated carbocycles. The lowest BCUT2D eigenvalue weighted by Crippen LogP contribution is -2.42. The Morgan fingerprint density at radius 1 is 1.20 bits per heavy atom. The molecule has 0 fully saturated rings. The Kier molecular flexibility index (Phi) is 5.54. The van der Waals surface area contributed by atoms with E-state index < -0.39 is 30.3 Å². The molecule has 2 atom stereocenters. The number of nitrogens with two attached hydrogens (primary N) is 1. The maximum Gasteiger partial charge on any atom is 0.326 e. The number of H-pyrrole nitrogens is 2. The Balaban J connectivity index is 1.82. The van der Waals surface area contributed by atoms with Gasteiger partial charge in [-0.3, -0.25) is 19.4 Å². The van der Waals surface area contributed by atoms with Crippen molar-refractivity contribution in [3.63, 3.8) is 0 Å². The van der Waals surface area contributed by atoms with Crippen LogP contribution in [0.5, 0.6) is 0 Å². The predicted molar refractivity (Wildman–Crippen MR) is 106 cm³/mol. The summed E-state index contributed by atoms with van der Waals surface area (Å²) < 4.78 is 0. The second kappa shape index (κ2) is 8.07. The summed E-state index contributed by atoms with van der Waals surface area (Å²) in [6.45, 7) is 1.88. The first-order valence-corrected chi connectivity index (χ1v) is 8.89. The highest BCUT2D eigenvalue weighted by molar-refractivity contribution is 5.97. The molecule has 3 aromatic rings. The van der Waals surface area contributed by atoms with Gasteiger partial charge in [0.05, 0.1) is 11.8 Å². The summed E-state index contributed by atoms with van der Waals surface area (Å²) in [6, 6.07) is 4.80. The number of aromatic nitrogens is 3. The van der Waals surface area contributed by atoms with E-state index in [1.165, 1.54) is 12.1 Å². The number of hydrogen-bond donors (Lipinski definition) is 6. The number of hydrogen-bond acceptors (Lipinski definition) is 6. The van der Waals surface area contributed by atoms with Gasteiger partial charge in [0.15, 0.2) is 0 Å². The first-order chi connectivity index (χ1) is 14.2. The number of rotatable bonds is 7. The van der Waals surface area contributed by atoms with E-state index in [0.29, 0.717) is 16.6 Å². The van der Waals surface area contributed by atoms with E-state index in [0.717, 1.165) is 5.56 Å². The molecule has 0 saturated heterocycles. The highest BCUT2D eigenvalue weighted by Crippen LogP contribution is 2.28. The molecule has 1 amide bonds. The zero-order chi connectivity index (χ0) is 22.0. The van der Waals surface area contributed by atoms with Gasteiger partial charge >= 0.3 is 11.9 Å². The van der Waals surface area contributed by atoms with Crippen LogP contribution >= 0.6 is 0 Å². The fourth-order valence-electron chi connectivity index (χ4n) is 3.14. The summed E-state index contributed by atoms with van der Waals surface area (Å²) >= 11 is 0. The fourth-order valence-corrected chi connectivity index (χ4v) is 3.14. The zero-order valence-electron chi connectivity index (χ0n) is 15.8. The number of carbonyl (C=O) groups excluding carboxylic acids is 1. The van der Waals surface area contributed by atoms with Crippen molar-refractivity contribution >= 4 is 34.8 Å². The lowest BCUT2D eigenvalue weighted by molar-refractivity contribution is -0.145. The van der Waals surface area contributed by atoms with Gasteiger partial charge in [0.2, 0.25) is 5.95 Å². The highest BCUT2D eigenvalue weighted by atomic mass is 16.4. The average molecular weight is 413 g/mol. The van der Waals surface area contributed by atoms with Crippen LogP contribution in [-0.4, -0.2) is 49.1 Å². The average Bonchev–Trinajstić information content (AvgIpc) is 3.10. The summed E-state index contributed by atoms with van der Waals surface area (Å²) in [5.74, 6) is -3.69. The van der Waals surface area contributed by atoms with E-state index in [9.17, 15) is 19.2 Å². The van der Waals surface area contributed by atoms with Crippen molar-refractivity contribution in [2.45, 2.75) is 25.3 Å². The largest absolute Gasteiger partial charge is 0.481 e. The number of nitrogens with one attached hydrogen (secondary N) is 3. The van der Waals surface area contributed by atoms with Crippen LogP contribution in [0.4, 0.5) is 5.95 Å². The molecule has 0 aliphatic carbocycles. The maximum atomic E-state index is 12.3. The number of amides is 1. The van der Waals surface area contributed by atoms with Gasteiger partial charge in [-0.1, -0.05) is 19.1 Å². The third-order valence-electron chi connectivity index (χ3n) is 4.71. The predicted octanol–water partition coefficient (Wildman–Crippen LogP) is 0.643. The van der Waals surface area contributed by atoms with E-state index in [1.807, 2.05) is 6.92 Å². The lowest BCUT2D eigenvalue weighted by Gasteiger charge is -2.14. The van der Waals surface area contributed by atoms with Crippen LogP contribution in [0, 0.1) is 0 Å². The number of nitrogens with zero attached hydrogens (tertiary/aromatic N) is 1. The van der Waals surface area contributed by atoms with E-state index in [1.54, 1.807) is 18.3 Å². The SMILES string of the molecule is CC(c1ccc(C(=O)N[C@@H](CC(=O)O)C(=O)O)cc1)c1c[nH]c2nc(N)[nH]c(=O)c12. The molecule has 2 aromatic heterocycles. The molecule has 30 heavy (non-hydrogen) atoms. The molecule has 3 rings (SSSR count). The standard InChI is InChI=1S/C19H19N5O6/c1-8(11-7-21-15-14(11)17(28)24-19(20)23-15)9-2-4-10(5-3-9)16(27)22-12(18(29)30)6-13(25)26/h2-5,7-8,12H,6H2,1H3,(H,22,27)(H,25,26)(H,29,30)(H4,20,21,23,24,28)/t8?,12-/m0/s1. The molecule has 1 unspecified atom stereocenters. The normalized spacial score (nSPS) is 13.0. The Hall–Kier alpha value is -4.15. The summed E-state index contributed by atoms with van der Waals surface area (Å²) in [6.07, 6.45) is 0.935. The van der Waals surface area contributed by atoms with E-state index in [-0.39, 0.29) is 23.0 Å². The molecule has 0 aliphatic heterocycles. The molecule has 1 aromatic carbocycles. The van der Waals surface area contributed by atoms with Crippen molar-refractivity contribution in [3.8, 4) is 0 Å².